The number of nitrogens with zero attached hydrogens (tertiary/aromatic N) is 3. The molecule has 3 aromatic rings. The van der Waals surface area contributed by atoms with Crippen molar-refractivity contribution in [1.29, 1.82) is 0 Å². The molecule has 0 saturated heterocycles. The summed E-state index contributed by atoms with van der Waals surface area (Å²) in [4.78, 5) is 4.60. The zero-order valence-corrected chi connectivity index (χ0v) is 15.0. The molecule has 4 rings (SSSR count). The monoisotopic (exact) mass is 340 g/mol. The highest BCUT2D eigenvalue weighted by molar-refractivity contribution is 5.83. The topological polar surface area (TPSA) is 65.1 Å². The van der Waals surface area contributed by atoms with Gasteiger partial charge < -0.3 is 9.15 Å². The van der Waals surface area contributed by atoms with Crippen molar-refractivity contribution in [2.45, 2.75) is 52.2 Å². The Hall–Kier alpha value is -2.34. The first-order valence-corrected chi connectivity index (χ1v) is 8.98. The fourth-order valence-corrected chi connectivity index (χ4v) is 3.55. The molecule has 1 aliphatic heterocycles. The highest BCUT2D eigenvalue weighted by Crippen LogP contribution is 2.33. The minimum Gasteiger partial charge on any atom is -0.490 e. The fraction of sp³-hybridized carbons (Fsp3) is 0.474. The van der Waals surface area contributed by atoms with Crippen LogP contribution < -0.4 is 10.1 Å². The maximum atomic E-state index is 6.12. The third kappa shape index (κ3) is 3.02. The van der Waals surface area contributed by atoms with Crippen LogP contribution in [0.1, 0.15) is 56.2 Å². The van der Waals surface area contributed by atoms with Crippen LogP contribution in [-0.4, -0.2) is 21.4 Å². The summed E-state index contributed by atoms with van der Waals surface area (Å²) in [6.45, 7) is 7.62. The number of hydrogen-bond acceptors (Lipinski definition) is 5. The smallest absolute Gasteiger partial charge is 0.176 e. The maximum Gasteiger partial charge on any atom is 0.176 e. The van der Waals surface area contributed by atoms with Crippen molar-refractivity contribution >= 4 is 11.0 Å². The Morgan fingerprint density at radius 3 is 3.16 bits per heavy atom. The van der Waals surface area contributed by atoms with Crippen LogP contribution in [0.5, 0.6) is 5.75 Å². The van der Waals surface area contributed by atoms with Gasteiger partial charge in [-0.05, 0) is 45.7 Å². The first-order chi connectivity index (χ1) is 12.2. The van der Waals surface area contributed by atoms with Crippen LogP contribution in [0.2, 0.25) is 0 Å². The second kappa shape index (κ2) is 6.52. The van der Waals surface area contributed by atoms with Crippen molar-refractivity contribution in [2.24, 2.45) is 0 Å². The summed E-state index contributed by atoms with van der Waals surface area (Å²) in [5.74, 6) is 3.57. The highest BCUT2D eigenvalue weighted by atomic mass is 16.5. The Morgan fingerprint density at radius 2 is 2.32 bits per heavy atom. The molecule has 0 fully saturated rings. The average molecular weight is 340 g/mol. The van der Waals surface area contributed by atoms with E-state index in [1.807, 2.05) is 30.7 Å². The van der Waals surface area contributed by atoms with Gasteiger partial charge in [-0.3, -0.25) is 5.32 Å². The summed E-state index contributed by atoms with van der Waals surface area (Å²) in [7, 11) is 0. The van der Waals surface area contributed by atoms with E-state index in [-0.39, 0.29) is 12.1 Å². The lowest BCUT2D eigenvalue weighted by molar-refractivity contribution is 0.319. The van der Waals surface area contributed by atoms with Crippen LogP contribution in [0.4, 0.5) is 0 Å². The van der Waals surface area contributed by atoms with Gasteiger partial charge in [0.1, 0.15) is 17.4 Å². The molecule has 132 valence electrons. The number of nitrogens with one attached hydrogen (secondary N) is 1. The molecule has 1 aliphatic rings. The predicted molar refractivity (Wildman–Crippen MR) is 95.7 cm³/mol. The molecular formula is C19H24N4O2. The van der Waals surface area contributed by atoms with E-state index in [2.05, 4.69) is 34.5 Å². The van der Waals surface area contributed by atoms with Crippen LogP contribution in [0.3, 0.4) is 0 Å². The Labute approximate surface area is 147 Å². The number of fused-ring (bicyclic) bond motifs is 2. The van der Waals surface area contributed by atoms with E-state index >= 15 is 0 Å². The highest BCUT2D eigenvalue weighted by Gasteiger charge is 2.26. The van der Waals surface area contributed by atoms with Crippen molar-refractivity contribution in [3.63, 3.8) is 0 Å². The molecule has 6 nitrogen and oxygen atoms in total. The van der Waals surface area contributed by atoms with Gasteiger partial charge in [0.05, 0.1) is 18.7 Å². The van der Waals surface area contributed by atoms with Crippen molar-refractivity contribution in [3.05, 3.63) is 41.7 Å². The quantitative estimate of drug-likeness (QED) is 0.763. The van der Waals surface area contributed by atoms with E-state index in [1.165, 1.54) is 0 Å². The molecule has 1 aromatic carbocycles. The Morgan fingerprint density at radius 1 is 1.44 bits per heavy atom. The summed E-state index contributed by atoms with van der Waals surface area (Å²) < 4.78 is 13.8. The molecule has 0 saturated carbocycles. The number of hydrogen-bond donors (Lipinski definition) is 1. The minimum absolute atomic E-state index is 0.0791. The average Bonchev–Trinajstić information content (AvgIpc) is 3.19. The summed E-state index contributed by atoms with van der Waals surface area (Å²) >= 11 is 0. The number of benzene rings is 1. The molecule has 6 heteroatoms. The van der Waals surface area contributed by atoms with Crippen molar-refractivity contribution in [3.8, 4) is 5.75 Å². The van der Waals surface area contributed by atoms with Crippen LogP contribution in [-0.2, 0) is 6.54 Å². The minimum atomic E-state index is 0.0791. The number of furan rings is 1. The van der Waals surface area contributed by atoms with E-state index in [1.54, 1.807) is 0 Å². The summed E-state index contributed by atoms with van der Waals surface area (Å²) in [6, 6.07) is 8.37. The third-order valence-corrected chi connectivity index (χ3v) is 4.69. The number of aromatic nitrogens is 3. The normalized spacial score (nSPS) is 18.3. The Kier molecular flexibility index (Phi) is 4.21. The van der Waals surface area contributed by atoms with Crippen molar-refractivity contribution in [2.75, 3.05) is 6.61 Å². The van der Waals surface area contributed by atoms with Crippen LogP contribution in [0.25, 0.3) is 11.0 Å². The van der Waals surface area contributed by atoms with E-state index in [0.29, 0.717) is 6.61 Å². The Bertz CT molecular complexity index is 883. The van der Waals surface area contributed by atoms with Crippen LogP contribution in [0.15, 0.2) is 28.7 Å². The molecule has 0 unspecified atom stereocenters. The van der Waals surface area contributed by atoms with Gasteiger partial charge in [0.2, 0.25) is 0 Å². The first-order valence-electron chi connectivity index (χ1n) is 8.98. The summed E-state index contributed by atoms with van der Waals surface area (Å²) in [5.41, 5.74) is 0.815. The standard InChI is InChI=1S/C19H24N4O2/c1-4-24-16-9-5-7-14-11-17(25-18(14)16)12(2)20-15-8-6-10-23-19(15)21-13(3)22-23/h5,7,9,11-12,15,20H,4,6,8,10H2,1-3H3/t12-,15+/m1/s1. The van der Waals surface area contributed by atoms with Crippen molar-refractivity contribution < 1.29 is 9.15 Å². The number of aryl methyl sites for hydroxylation is 2. The van der Waals surface area contributed by atoms with E-state index < -0.39 is 0 Å². The third-order valence-electron chi connectivity index (χ3n) is 4.69. The number of ether oxygens (including phenoxy) is 1. The van der Waals surface area contributed by atoms with Gasteiger partial charge in [-0.25, -0.2) is 9.67 Å². The molecule has 1 N–H and O–H groups in total. The maximum absolute atomic E-state index is 6.12. The molecule has 0 spiro atoms. The van der Waals surface area contributed by atoms with Gasteiger partial charge in [0.25, 0.3) is 0 Å². The lowest BCUT2D eigenvalue weighted by atomic mass is 10.1. The molecule has 0 aliphatic carbocycles. The first kappa shape index (κ1) is 16.1. The molecule has 0 bridgehead atoms. The van der Waals surface area contributed by atoms with E-state index in [9.17, 15) is 0 Å². The van der Waals surface area contributed by atoms with Gasteiger partial charge in [0, 0.05) is 11.9 Å². The van der Waals surface area contributed by atoms with Gasteiger partial charge >= 0.3 is 0 Å². The molecule has 0 amide bonds. The lowest BCUT2D eigenvalue weighted by Crippen LogP contribution is -2.30. The molecule has 25 heavy (non-hydrogen) atoms. The predicted octanol–water partition coefficient (Wildman–Crippen LogP) is 3.92. The van der Waals surface area contributed by atoms with Gasteiger partial charge in [-0.15, -0.1) is 0 Å². The zero-order chi connectivity index (χ0) is 17.4. The van der Waals surface area contributed by atoms with Gasteiger partial charge in [-0.1, -0.05) is 12.1 Å². The molecular weight excluding hydrogens is 316 g/mol. The second-order valence-electron chi connectivity index (χ2n) is 6.58. The van der Waals surface area contributed by atoms with E-state index in [0.717, 1.165) is 53.5 Å². The molecule has 2 aromatic heterocycles. The van der Waals surface area contributed by atoms with Crippen molar-refractivity contribution in [1.82, 2.24) is 20.1 Å². The number of para-hydroxylation sites is 1. The molecule has 3 heterocycles. The van der Waals surface area contributed by atoms with Crippen LogP contribution in [0, 0.1) is 6.92 Å². The zero-order valence-electron chi connectivity index (χ0n) is 15.0. The fourth-order valence-electron chi connectivity index (χ4n) is 3.55. The molecule has 0 radical (unpaired) electrons. The summed E-state index contributed by atoms with van der Waals surface area (Å²) in [6.07, 6.45) is 2.17. The molecule has 2 atom stereocenters. The van der Waals surface area contributed by atoms with Gasteiger partial charge in [-0.2, -0.15) is 5.10 Å². The SMILES string of the molecule is CCOc1cccc2cc([C@@H](C)N[C@H]3CCCn4nc(C)nc43)oc12. The second-order valence-corrected chi connectivity index (χ2v) is 6.58. The number of rotatable bonds is 5. The lowest BCUT2D eigenvalue weighted by Gasteiger charge is -2.25. The summed E-state index contributed by atoms with van der Waals surface area (Å²) in [5, 5.41) is 9.20. The van der Waals surface area contributed by atoms with Crippen LogP contribution >= 0.6 is 0 Å². The largest absolute Gasteiger partial charge is 0.490 e. The van der Waals surface area contributed by atoms with Gasteiger partial charge in [0.15, 0.2) is 11.3 Å². The van der Waals surface area contributed by atoms with E-state index in [4.69, 9.17) is 9.15 Å². The Balaban J connectivity index is 1.58.